The van der Waals surface area contributed by atoms with Crippen LogP contribution in [0.3, 0.4) is 0 Å². The van der Waals surface area contributed by atoms with Crippen LogP contribution < -0.4 is 10.1 Å². The van der Waals surface area contributed by atoms with Crippen molar-refractivity contribution in [1.82, 2.24) is 9.88 Å². The maximum atomic E-state index is 13.4. The normalized spacial score (nSPS) is 13.7. The van der Waals surface area contributed by atoms with E-state index in [2.05, 4.69) is 10.3 Å². The predicted octanol–water partition coefficient (Wildman–Crippen LogP) is 4.83. The highest BCUT2D eigenvalue weighted by molar-refractivity contribution is 6.36. The average molecular weight is 448 g/mol. The number of ether oxygens (including phenoxy) is 1. The number of aryl methyl sites for hydroxylation is 1. The third-order valence-electron chi connectivity index (χ3n) is 5.17. The highest BCUT2D eigenvalue weighted by Gasteiger charge is 2.39. The highest BCUT2D eigenvalue weighted by atomic mass is 35.5. The summed E-state index contributed by atoms with van der Waals surface area (Å²) in [5.74, 6) is -0.0596. The van der Waals surface area contributed by atoms with Crippen molar-refractivity contribution in [2.45, 2.75) is 20.4 Å². The van der Waals surface area contributed by atoms with Gasteiger partial charge in [-0.25, -0.2) is 0 Å². The van der Waals surface area contributed by atoms with Crippen molar-refractivity contribution in [1.29, 1.82) is 0 Å². The summed E-state index contributed by atoms with van der Waals surface area (Å²) in [5.41, 5.74) is 3.55. The minimum Gasteiger partial charge on any atom is -0.494 e. The molecule has 2 heterocycles. The smallest absolute Gasteiger partial charge is 0.278 e. The van der Waals surface area contributed by atoms with Crippen LogP contribution in [0.25, 0.3) is 5.57 Å². The molecular formula is C25H22ClN3O3. The number of nitrogens with zero attached hydrogens (tertiary/aromatic N) is 2. The van der Waals surface area contributed by atoms with Crippen LogP contribution in [-0.2, 0) is 16.1 Å². The van der Waals surface area contributed by atoms with Crippen molar-refractivity contribution in [2.75, 3.05) is 11.9 Å². The Morgan fingerprint density at radius 1 is 1.00 bits per heavy atom. The van der Waals surface area contributed by atoms with Gasteiger partial charge in [0.05, 0.1) is 18.7 Å². The zero-order valence-corrected chi connectivity index (χ0v) is 18.5. The molecule has 2 aromatic carbocycles. The summed E-state index contributed by atoms with van der Waals surface area (Å²) in [6.07, 6.45) is 3.27. The standard InChI is InChI=1S/C25H22ClN3O3/c1-3-32-20-8-5-18(6-9-20)22-23(28-21-14-19(26)7-4-16(21)2)25(31)29(24(22)30)15-17-10-12-27-13-11-17/h4-14,28H,3,15H2,1-2H3. The molecule has 3 aromatic rings. The molecule has 1 N–H and O–H groups in total. The van der Waals surface area contributed by atoms with Gasteiger partial charge in [0.2, 0.25) is 0 Å². The Kier molecular flexibility index (Phi) is 6.23. The van der Waals surface area contributed by atoms with Gasteiger partial charge in [-0.15, -0.1) is 0 Å². The first-order valence-electron chi connectivity index (χ1n) is 10.2. The van der Waals surface area contributed by atoms with Gasteiger partial charge in [-0.1, -0.05) is 29.8 Å². The number of aromatic nitrogens is 1. The van der Waals surface area contributed by atoms with Gasteiger partial charge in [-0.05, 0) is 66.9 Å². The van der Waals surface area contributed by atoms with Gasteiger partial charge in [0, 0.05) is 23.1 Å². The molecule has 0 atom stereocenters. The van der Waals surface area contributed by atoms with Gasteiger partial charge in [0.1, 0.15) is 11.4 Å². The van der Waals surface area contributed by atoms with E-state index in [1.165, 1.54) is 4.90 Å². The Hall–Kier alpha value is -3.64. The summed E-state index contributed by atoms with van der Waals surface area (Å²) in [7, 11) is 0. The fraction of sp³-hybridized carbons (Fsp3) is 0.160. The number of carbonyl (C=O) groups excluding carboxylic acids is 2. The zero-order valence-electron chi connectivity index (χ0n) is 17.8. The Bertz CT molecular complexity index is 1190. The fourth-order valence-corrected chi connectivity index (χ4v) is 3.69. The molecule has 0 fully saturated rings. The number of carbonyl (C=O) groups is 2. The molecule has 0 radical (unpaired) electrons. The topological polar surface area (TPSA) is 71.5 Å². The largest absolute Gasteiger partial charge is 0.494 e. The first-order valence-corrected chi connectivity index (χ1v) is 10.6. The second-order valence-electron chi connectivity index (χ2n) is 7.34. The van der Waals surface area contributed by atoms with E-state index in [-0.39, 0.29) is 18.1 Å². The first-order chi connectivity index (χ1) is 15.5. The van der Waals surface area contributed by atoms with Crippen LogP contribution in [-0.4, -0.2) is 28.3 Å². The Morgan fingerprint density at radius 3 is 2.41 bits per heavy atom. The van der Waals surface area contributed by atoms with E-state index in [0.717, 1.165) is 11.1 Å². The summed E-state index contributed by atoms with van der Waals surface area (Å²) in [6.45, 7) is 4.51. The number of nitrogens with one attached hydrogen (secondary N) is 1. The molecule has 7 heteroatoms. The molecule has 1 aliphatic heterocycles. The average Bonchev–Trinajstić information content (AvgIpc) is 3.02. The van der Waals surface area contributed by atoms with Gasteiger partial charge in [0.15, 0.2) is 0 Å². The summed E-state index contributed by atoms with van der Waals surface area (Å²) in [5, 5.41) is 3.71. The number of imide groups is 1. The molecule has 0 saturated carbocycles. The number of pyridine rings is 1. The molecular weight excluding hydrogens is 426 g/mol. The van der Waals surface area contributed by atoms with Crippen LogP contribution in [0.2, 0.25) is 5.02 Å². The van der Waals surface area contributed by atoms with Gasteiger partial charge >= 0.3 is 0 Å². The van der Waals surface area contributed by atoms with E-state index in [1.54, 1.807) is 60.9 Å². The lowest BCUT2D eigenvalue weighted by molar-refractivity contribution is -0.137. The van der Waals surface area contributed by atoms with E-state index in [4.69, 9.17) is 16.3 Å². The third kappa shape index (κ3) is 4.36. The van der Waals surface area contributed by atoms with E-state index in [0.29, 0.717) is 34.2 Å². The summed E-state index contributed by atoms with van der Waals surface area (Å²) in [6, 6.07) is 16.1. The molecule has 0 saturated heterocycles. The lowest BCUT2D eigenvalue weighted by Crippen LogP contribution is -2.32. The molecule has 6 nitrogen and oxygen atoms in total. The molecule has 32 heavy (non-hydrogen) atoms. The van der Waals surface area contributed by atoms with E-state index >= 15 is 0 Å². The maximum Gasteiger partial charge on any atom is 0.278 e. The number of hydrogen-bond acceptors (Lipinski definition) is 5. The molecule has 4 rings (SSSR count). The number of rotatable bonds is 7. The Morgan fingerprint density at radius 2 is 1.72 bits per heavy atom. The molecule has 162 valence electrons. The van der Waals surface area contributed by atoms with Crippen LogP contribution in [0, 0.1) is 6.92 Å². The van der Waals surface area contributed by atoms with E-state index in [1.807, 2.05) is 19.9 Å². The van der Waals surface area contributed by atoms with Gasteiger partial charge in [0.25, 0.3) is 11.8 Å². The number of benzene rings is 2. The maximum absolute atomic E-state index is 13.4. The second kappa shape index (κ2) is 9.24. The highest BCUT2D eigenvalue weighted by Crippen LogP contribution is 2.33. The number of halogens is 1. The van der Waals surface area contributed by atoms with Gasteiger partial charge < -0.3 is 10.1 Å². The Balaban J connectivity index is 1.75. The quantitative estimate of drug-likeness (QED) is 0.525. The van der Waals surface area contributed by atoms with Crippen LogP contribution in [0.4, 0.5) is 5.69 Å². The first kappa shape index (κ1) is 21.6. The monoisotopic (exact) mass is 447 g/mol. The van der Waals surface area contributed by atoms with Crippen molar-refractivity contribution >= 4 is 34.7 Å². The third-order valence-corrected chi connectivity index (χ3v) is 5.41. The SMILES string of the molecule is CCOc1ccc(C2=C(Nc3cc(Cl)ccc3C)C(=O)N(Cc3ccncc3)C2=O)cc1. The second-order valence-corrected chi connectivity index (χ2v) is 7.78. The predicted molar refractivity (Wildman–Crippen MR) is 124 cm³/mol. The van der Waals surface area contributed by atoms with Crippen LogP contribution in [0.1, 0.15) is 23.6 Å². The molecule has 2 amide bonds. The van der Waals surface area contributed by atoms with E-state index < -0.39 is 5.91 Å². The van der Waals surface area contributed by atoms with Crippen molar-refractivity contribution in [3.63, 3.8) is 0 Å². The van der Waals surface area contributed by atoms with Crippen LogP contribution in [0.5, 0.6) is 5.75 Å². The fourth-order valence-electron chi connectivity index (χ4n) is 3.52. The van der Waals surface area contributed by atoms with Crippen molar-refractivity contribution in [3.8, 4) is 5.75 Å². The molecule has 0 aliphatic carbocycles. The van der Waals surface area contributed by atoms with Crippen LogP contribution in [0.15, 0.2) is 72.7 Å². The van der Waals surface area contributed by atoms with Gasteiger partial charge in [-0.3, -0.25) is 19.5 Å². The van der Waals surface area contributed by atoms with E-state index in [9.17, 15) is 9.59 Å². The molecule has 1 aliphatic rings. The number of anilines is 1. The van der Waals surface area contributed by atoms with Gasteiger partial charge in [-0.2, -0.15) is 0 Å². The summed E-state index contributed by atoms with van der Waals surface area (Å²) >= 11 is 6.17. The zero-order chi connectivity index (χ0) is 22.7. The number of hydrogen-bond donors (Lipinski definition) is 1. The lowest BCUT2D eigenvalue weighted by atomic mass is 10.0. The summed E-state index contributed by atoms with van der Waals surface area (Å²) < 4.78 is 5.51. The summed E-state index contributed by atoms with van der Waals surface area (Å²) in [4.78, 5) is 32.0. The molecule has 0 bridgehead atoms. The van der Waals surface area contributed by atoms with Crippen molar-refractivity contribution < 1.29 is 14.3 Å². The minimum absolute atomic E-state index is 0.153. The Labute approximate surface area is 191 Å². The molecule has 0 unspecified atom stereocenters. The number of amides is 2. The molecule has 0 spiro atoms. The lowest BCUT2D eigenvalue weighted by Gasteiger charge is -2.15. The van der Waals surface area contributed by atoms with Crippen molar-refractivity contribution in [2.24, 2.45) is 0 Å². The minimum atomic E-state index is -0.393. The van der Waals surface area contributed by atoms with Crippen molar-refractivity contribution in [3.05, 3.63) is 94.4 Å². The molecule has 1 aromatic heterocycles. The van der Waals surface area contributed by atoms with Crippen LogP contribution >= 0.6 is 11.6 Å².